The lowest BCUT2D eigenvalue weighted by atomic mass is 9.93. The maximum atomic E-state index is 11.4. The first-order chi connectivity index (χ1) is 6.52. The molecule has 4 nitrogen and oxygen atoms in total. The van der Waals surface area contributed by atoms with E-state index in [4.69, 9.17) is 5.73 Å². The van der Waals surface area contributed by atoms with Crippen molar-refractivity contribution >= 4 is 11.7 Å². The van der Waals surface area contributed by atoms with E-state index < -0.39 is 0 Å². The van der Waals surface area contributed by atoms with Gasteiger partial charge >= 0.3 is 0 Å². The fourth-order valence-electron chi connectivity index (χ4n) is 1.70. The lowest BCUT2D eigenvalue weighted by molar-refractivity contribution is -0.130. The van der Waals surface area contributed by atoms with Crippen LogP contribution >= 0.6 is 0 Å². The zero-order chi connectivity index (χ0) is 10.7. The average molecular weight is 196 g/mol. The van der Waals surface area contributed by atoms with Gasteiger partial charge in [-0.3, -0.25) is 9.59 Å². The molecule has 14 heavy (non-hydrogen) atoms. The third kappa shape index (κ3) is 2.34. The van der Waals surface area contributed by atoms with Crippen LogP contribution in [-0.4, -0.2) is 29.7 Å². The van der Waals surface area contributed by atoms with E-state index in [-0.39, 0.29) is 23.4 Å². The highest BCUT2D eigenvalue weighted by Gasteiger charge is 2.25. The summed E-state index contributed by atoms with van der Waals surface area (Å²) in [6.07, 6.45) is 2.63. The van der Waals surface area contributed by atoms with Gasteiger partial charge in [-0.1, -0.05) is 6.58 Å². The summed E-state index contributed by atoms with van der Waals surface area (Å²) in [5, 5.41) is 0. The Morgan fingerprint density at radius 3 is 2.43 bits per heavy atom. The summed E-state index contributed by atoms with van der Waals surface area (Å²) >= 11 is 0. The molecule has 1 amide bonds. The molecule has 0 aromatic rings. The van der Waals surface area contributed by atoms with Gasteiger partial charge in [-0.25, -0.2) is 0 Å². The topological polar surface area (TPSA) is 63.4 Å². The maximum Gasteiger partial charge on any atom is 0.269 e. The summed E-state index contributed by atoms with van der Waals surface area (Å²) in [6, 6.07) is 0.139. The summed E-state index contributed by atoms with van der Waals surface area (Å²) in [6.45, 7) is 3.41. The number of carbonyl (C=O) groups excluding carboxylic acids is 2. The van der Waals surface area contributed by atoms with Crippen molar-refractivity contribution in [2.24, 2.45) is 5.73 Å². The van der Waals surface area contributed by atoms with Crippen LogP contribution in [0.2, 0.25) is 0 Å². The van der Waals surface area contributed by atoms with Crippen LogP contribution < -0.4 is 5.73 Å². The van der Waals surface area contributed by atoms with Crippen LogP contribution in [0.4, 0.5) is 0 Å². The number of amides is 1. The predicted octanol–water partition coefficient (Wildman–Crippen LogP) is 0.429. The van der Waals surface area contributed by atoms with Crippen LogP contribution in [0.15, 0.2) is 12.3 Å². The molecular formula is C10H16N2O2. The third-order valence-corrected chi connectivity index (χ3v) is 2.66. The molecule has 1 aliphatic carbocycles. The van der Waals surface area contributed by atoms with E-state index in [0.29, 0.717) is 12.8 Å². The molecule has 1 saturated carbocycles. The number of hydrogen-bond donors (Lipinski definition) is 1. The van der Waals surface area contributed by atoms with Gasteiger partial charge in [0, 0.05) is 25.9 Å². The normalized spacial score (nSPS) is 17.9. The predicted molar refractivity (Wildman–Crippen MR) is 53.4 cm³/mol. The Morgan fingerprint density at radius 2 is 2.00 bits per heavy atom. The Hall–Kier alpha value is -1.32. The van der Waals surface area contributed by atoms with E-state index in [0.717, 1.165) is 12.8 Å². The molecule has 0 atom stereocenters. The summed E-state index contributed by atoms with van der Waals surface area (Å²) < 4.78 is 0. The first-order valence-electron chi connectivity index (χ1n) is 4.75. The Morgan fingerprint density at radius 1 is 1.50 bits per heavy atom. The van der Waals surface area contributed by atoms with Crippen LogP contribution in [0.5, 0.6) is 0 Å². The van der Waals surface area contributed by atoms with Gasteiger partial charge in [0.1, 0.15) is 5.78 Å². The van der Waals surface area contributed by atoms with Crippen molar-refractivity contribution in [1.82, 2.24) is 4.90 Å². The summed E-state index contributed by atoms with van der Waals surface area (Å²) in [4.78, 5) is 24.0. The van der Waals surface area contributed by atoms with Crippen LogP contribution in [0.1, 0.15) is 25.7 Å². The largest absolute Gasteiger partial charge is 0.395 e. The van der Waals surface area contributed by atoms with Gasteiger partial charge in [0.15, 0.2) is 0 Å². The minimum atomic E-state index is -0.232. The minimum absolute atomic E-state index is 0.0596. The van der Waals surface area contributed by atoms with Crippen molar-refractivity contribution in [3.8, 4) is 0 Å². The molecule has 0 bridgehead atoms. The van der Waals surface area contributed by atoms with Crippen molar-refractivity contribution < 1.29 is 9.59 Å². The molecule has 4 heteroatoms. The van der Waals surface area contributed by atoms with Gasteiger partial charge in [0.25, 0.3) is 5.91 Å². The number of Topliss-reactive ketones (excluding diaryl/α,β-unsaturated/α-hetero) is 1. The highest BCUT2D eigenvalue weighted by molar-refractivity contribution is 5.92. The zero-order valence-electron chi connectivity index (χ0n) is 8.45. The van der Waals surface area contributed by atoms with E-state index in [2.05, 4.69) is 6.58 Å². The average Bonchev–Trinajstić information content (AvgIpc) is 2.16. The van der Waals surface area contributed by atoms with E-state index in [9.17, 15) is 9.59 Å². The van der Waals surface area contributed by atoms with Gasteiger partial charge in [-0.15, -0.1) is 0 Å². The fourth-order valence-corrected chi connectivity index (χ4v) is 1.70. The molecule has 0 unspecified atom stereocenters. The number of nitrogens with two attached hydrogens (primary N) is 1. The SMILES string of the molecule is C=C(N)C(=O)N(C)C1CCC(=O)CC1. The molecule has 0 heterocycles. The number of rotatable bonds is 2. The molecule has 1 fully saturated rings. The van der Waals surface area contributed by atoms with Crippen molar-refractivity contribution in [2.75, 3.05) is 7.05 Å². The minimum Gasteiger partial charge on any atom is -0.395 e. The number of likely N-dealkylation sites (N-methyl/N-ethyl adjacent to an activating group) is 1. The zero-order valence-corrected chi connectivity index (χ0v) is 8.45. The van der Waals surface area contributed by atoms with Crippen LogP contribution in [0.25, 0.3) is 0 Å². The number of hydrogen-bond acceptors (Lipinski definition) is 3. The Balaban J connectivity index is 2.53. The standard InChI is InChI=1S/C10H16N2O2/c1-7(11)10(14)12(2)8-3-5-9(13)6-4-8/h8H,1,3-6,11H2,2H3. The van der Waals surface area contributed by atoms with Crippen molar-refractivity contribution in [2.45, 2.75) is 31.7 Å². The summed E-state index contributed by atoms with van der Waals surface area (Å²) in [7, 11) is 1.71. The van der Waals surface area contributed by atoms with E-state index in [1.807, 2.05) is 0 Å². The molecule has 0 aromatic carbocycles. The van der Waals surface area contributed by atoms with Gasteiger partial charge in [0.05, 0.1) is 5.70 Å². The van der Waals surface area contributed by atoms with Gasteiger partial charge < -0.3 is 10.6 Å². The van der Waals surface area contributed by atoms with Crippen LogP contribution in [0.3, 0.4) is 0 Å². The highest BCUT2D eigenvalue weighted by Crippen LogP contribution is 2.19. The van der Waals surface area contributed by atoms with Gasteiger partial charge in [0.2, 0.25) is 0 Å². The second kappa shape index (κ2) is 4.26. The summed E-state index contributed by atoms with van der Waals surface area (Å²) in [5.74, 6) is 0.0537. The lowest BCUT2D eigenvalue weighted by Gasteiger charge is -2.30. The van der Waals surface area contributed by atoms with Crippen LogP contribution in [0, 0.1) is 0 Å². The second-order valence-corrected chi connectivity index (χ2v) is 3.71. The molecular weight excluding hydrogens is 180 g/mol. The molecule has 0 aromatic heterocycles. The summed E-state index contributed by atoms with van der Waals surface area (Å²) in [5.41, 5.74) is 5.38. The second-order valence-electron chi connectivity index (χ2n) is 3.71. The Kier molecular flexibility index (Phi) is 3.28. The quantitative estimate of drug-likeness (QED) is 0.651. The highest BCUT2D eigenvalue weighted by atomic mass is 16.2. The maximum absolute atomic E-state index is 11.4. The molecule has 2 N–H and O–H groups in total. The smallest absolute Gasteiger partial charge is 0.269 e. The number of carbonyl (C=O) groups is 2. The molecule has 0 spiro atoms. The molecule has 78 valence electrons. The van der Waals surface area contributed by atoms with Gasteiger partial charge in [-0.05, 0) is 12.8 Å². The van der Waals surface area contributed by atoms with Crippen LogP contribution in [-0.2, 0) is 9.59 Å². The van der Waals surface area contributed by atoms with Crippen molar-refractivity contribution in [3.05, 3.63) is 12.3 Å². The third-order valence-electron chi connectivity index (χ3n) is 2.66. The van der Waals surface area contributed by atoms with E-state index in [1.54, 1.807) is 11.9 Å². The van der Waals surface area contributed by atoms with E-state index >= 15 is 0 Å². The molecule has 0 aliphatic heterocycles. The first kappa shape index (κ1) is 10.8. The molecule has 0 radical (unpaired) electrons. The number of ketones is 1. The lowest BCUT2D eigenvalue weighted by Crippen LogP contribution is -2.41. The van der Waals surface area contributed by atoms with Crippen molar-refractivity contribution in [1.29, 1.82) is 0 Å². The van der Waals surface area contributed by atoms with Gasteiger partial charge in [-0.2, -0.15) is 0 Å². The Bertz CT molecular complexity index is 263. The van der Waals surface area contributed by atoms with Crippen molar-refractivity contribution in [3.63, 3.8) is 0 Å². The number of nitrogens with zero attached hydrogens (tertiary/aromatic N) is 1. The fraction of sp³-hybridized carbons (Fsp3) is 0.600. The monoisotopic (exact) mass is 196 g/mol. The first-order valence-corrected chi connectivity index (χ1v) is 4.75. The molecule has 1 aliphatic rings. The Labute approximate surface area is 83.8 Å². The molecule has 0 saturated heterocycles. The molecule has 1 rings (SSSR count). The van der Waals surface area contributed by atoms with E-state index in [1.165, 1.54) is 0 Å².